The van der Waals surface area contributed by atoms with E-state index >= 15 is 0 Å². The molecule has 0 aliphatic rings. The second-order valence-electron chi connectivity index (χ2n) is 5.85. The molecule has 0 radical (unpaired) electrons. The monoisotopic (exact) mass is 283 g/mol. The molecule has 0 heterocycles. The van der Waals surface area contributed by atoms with E-state index < -0.39 is 0 Å². The van der Waals surface area contributed by atoms with Gasteiger partial charge in [-0.3, -0.25) is 4.79 Å². The summed E-state index contributed by atoms with van der Waals surface area (Å²) >= 11 is 5.94. The summed E-state index contributed by atoms with van der Waals surface area (Å²) < 4.78 is 5.23. The number of carbonyl (C=O) groups excluding carboxylic acids is 1. The van der Waals surface area contributed by atoms with Gasteiger partial charge in [0.2, 0.25) is 0 Å². The Bertz CT molecular complexity index is 452. The third-order valence-corrected chi connectivity index (χ3v) is 3.43. The number of hydrogen-bond acceptors (Lipinski definition) is 3. The van der Waals surface area contributed by atoms with Gasteiger partial charge in [-0.15, -0.1) is 0 Å². The van der Waals surface area contributed by atoms with Gasteiger partial charge in [0, 0.05) is 29.5 Å². The third-order valence-electron chi connectivity index (χ3n) is 3.19. The average Bonchev–Trinajstić information content (AvgIpc) is 2.27. The molecule has 0 fully saturated rings. The van der Waals surface area contributed by atoms with Crippen LogP contribution in [-0.2, 0) is 11.2 Å². The molecule has 1 aromatic carbocycles. The van der Waals surface area contributed by atoms with Crippen LogP contribution in [0.15, 0.2) is 18.2 Å². The topological polar surface area (TPSA) is 52.3 Å². The number of rotatable bonds is 5. The minimum atomic E-state index is -0.148. The van der Waals surface area contributed by atoms with Gasteiger partial charge in [0.05, 0.1) is 7.11 Å². The summed E-state index contributed by atoms with van der Waals surface area (Å²) in [6.07, 6.45) is 0.659. The summed E-state index contributed by atoms with van der Waals surface area (Å²) in [6.45, 7) is 6.10. The molecule has 0 saturated heterocycles. The first kappa shape index (κ1) is 16.0. The zero-order valence-electron chi connectivity index (χ0n) is 12.0. The molecule has 2 N–H and O–H groups in total. The molecular formula is C15H22ClNO2. The second kappa shape index (κ2) is 6.40. The molecule has 0 saturated carbocycles. The smallest absolute Gasteiger partial charge is 0.138 e. The Hall–Kier alpha value is -1.06. The first-order valence-electron chi connectivity index (χ1n) is 6.33. The molecule has 0 aliphatic heterocycles. The largest absolute Gasteiger partial charge is 0.496 e. The van der Waals surface area contributed by atoms with Gasteiger partial charge < -0.3 is 10.5 Å². The first-order chi connectivity index (χ1) is 8.74. The van der Waals surface area contributed by atoms with Gasteiger partial charge in [0.25, 0.3) is 0 Å². The van der Waals surface area contributed by atoms with Gasteiger partial charge in [0.15, 0.2) is 0 Å². The Morgan fingerprint density at radius 1 is 1.42 bits per heavy atom. The van der Waals surface area contributed by atoms with Crippen molar-refractivity contribution in [1.82, 2.24) is 0 Å². The molecule has 3 nitrogen and oxygen atoms in total. The summed E-state index contributed by atoms with van der Waals surface area (Å²) in [7, 11) is 1.58. The van der Waals surface area contributed by atoms with Crippen molar-refractivity contribution in [3.8, 4) is 5.75 Å². The number of halogens is 1. The normalized spacial score (nSPS) is 13.2. The molecule has 0 spiro atoms. The van der Waals surface area contributed by atoms with E-state index in [4.69, 9.17) is 22.1 Å². The van der Waals surface area contributed by atoms with E-state index in [9.17, 15) is 4.79 Å². The van der Waals surface area contributed by atoms with Gasteiger partial charge in [-0.25, -0.2) is 0 Å². The van der Waals surface area contributed by atoms with E-state index in [2.05, 4.69) is 0 Å². The molecule has 4 heteroatoms. The number of nitrogens with two attached hydrogens (primary N) is 1. The lowest BCUT2D eigenvalue weighted by atomic mass is 9.84. The molecule has 106 valence electrons. The molecule has 1 rings (SSSR count). The maximum absolute atomic E-state index is 12.1. The van der Waals surface area contributed by atoms with E-state index in [1.165, 1.54) is 0 Å². The number of methoxy groups -OCH3 is 1. The fourth-order valence-corrected chi connectivity index (χ4v) is 1.92. The molecule has 19 heavy (non-hydrogen) atoms. The van der Waals surface area contributed by atoms with Crippen LogP contribution in [0.5, 0.6) is 5.75 Å². The maximum Gasteiger partial charge on any atom is 0.138 e. The summed E-state index contributed by atoms with van der Waals surface area (Å²) in [5, 5.41) is 0.601. The van der Waals surface area contributed by atoms with Crippen LogP contribution >= 0.6 is 11.6 Å². The van der Waals surface area contributed by atoms with Crippen molar-refractivity contribution in [3.63, 3.8) is 0 Å². The van der Waals surface area contributed by atoms with Crippen molar-refractivity contribution >= 4 is 17.4 Å². The lowest BCUT2D eigenvalue weighted by Crippen LogP contribution is -2.37. The quantitative estimate of drug-likeness (QED) is 0.903. The molecular weight excluding hydrogens is 262 g/mol. The highest BCUT2D eigenvalue weighted by atomic mass is 35.5. The van der Waals surface area contributed by atoms with E-state index in [0.29, 0.717) is 23.6 Å². The Labute approximate surface area is 120 Å². The molecule has 0 bridgehead atoms. The predicted octanol–water partition coefficient (Wildman–Crippen LogP) is 3.22. The number of hydrogen-bond donors (Lipinski definition) is 1. The Balaban J connectivity index is 2.75. The van der Waals surface area contributed by atoms with Crippen LogP contribution in [0, 0.1) is 5.41 Å². The Kier molecular flexibility index (Phi) is 5.39. The summed E-state index contributed by atoms with van der Waals surface area (Å²) in [4.78, 5) is 12.1. The number of ketones is 1. The average molecular weight is 284 g/mol. The van der Waals surface area contributed by atoms with Crippen molar-refractivity contribution in [2.45, 2.75) is 39.7 Å². The van der Waals surface area contributed by atoms with Gasteiger partial charge >= 0.3 is 0 Å². The van der Waals surface area contributed by atoms with Gasteiger partial charge in [-0.2, -0.15) is 0 Å². The third kappa shape index (κ3) is 4.84. The van der Waals surface area contributed by atoms with Crippen LogP contribution in [-0.4, -0.2) is 18.9 Å². The van der Waals surface area contributed by atoms with E-state index in [0.717, 1.165) is 5.56 Å². The number of carbonyl (C=O) groups is 1. The SMILES string of the molecule is COc1ccc(Cl)cc1CC(=O)CC(N)C(C)(C)C. The highest BCUT2D eigenvalue weighted by molar-refractivity contribution is 6.30. The molecule has 0 aromatic heterocycles. The first-order valence-corrected chi connectivity index (χ1v) is 6.71. The van der Waals surface area contributed by atoms with Crippen molar-refractivity contribution in [2.75, 3.05) is 7.11 Å². The summed E-state index contributed by atoms with van der Waals surface area (Å²) in [5.41, 5.74) is 6.76. The zero-order chi connectivity index (χ0) is 14.6. The summed E-state index contributed by atoms with van der Waals surface area (Å²) in [5.74, 6) is 0.782. The van der Waals surface area contributed by atoms with Crippen LogP contribution in [0.25, 0.3) is 0 Å². The minimum Gasteiger partial charge on any atom is -0.496 e. The van der Waals surface area contributed by atoms with Crippen molar-refractivity contribution < 1.29 is 9.53 Å². The fourth-order valence-electron chi connectivity index (χ4n) is 1.72. The second-order valence-corrected chi connectivity index (χ2v) is 6.28. The van der Waals surface area contributed by atoms with Crippen LogP contribution in [0.3, 0.4) is 0 Å². The highest BCUT2D eigenvalue weighted by Crippen LogP contribution is 2.25. The van der Waals surface area contributed by atoms with Crippen LogP contribution in [0.1, 0.15) is 32.8 Å². The van der Waals surface area contributed by atoms with E-state index in [-0.39, 0.29) is 17.2 Å². The molecule has 1 aromatic rings. The molecule has 0 aliphatic carbocycles. The van der Waals surface area contributed by atoms with Gasteiger partial charge in [-0.1, -0.05) is 32.4 Å². The van der Waals surface area contributed by atoms with Crippen molar-refractivity contribution in [1.29, 1.82) is 0 Å². The highest BCUT2D eigenvalue weighted by Gasteiger charge is 2.23. The zero-order valence-corrected chi connectivity index (χ0v) is 12.8. The summed E-state index contributed by atoms with van der Waals surface area (Å²) in [6, 6.07) is 5.13. The predicted molar refractivity (Wildman–Crippen MR) is 78.8 cm³/mol. The maximum atomic E-state index is 12.1. The molecule has 1 atom stereocenters. The van der Waals surface area contributed by atoms with Crippen LogP contribution < -0.4 is 10.5 Å². The van der Waals surface area contributed by atoms with E-state index in [1.807, 2.05) is 20.8 Å². The van der Waals surface area contributed by atoms with Gasteiger partial charge in [0.1, 0.15) is 11.5 Å². The standard InChI is InChI=1S/C15H22ClNO2/c1-15(2,3)14(17)9-12(18)8-10-7-11(16)5-6-13(10)19-4/h5-7,14H,8-9,17H2,1-4H3. The van der Waals surface area contributed by atoms with Crippen LogP contribution in [0.4, 0.5) is 0 Å². The number of ether oxygens (including phenoxy) is 1. The molecule has 1 unspecified atom stereocenters. The Morgan fingerprint density at radius 3 is 2.58 bits per heavy atom. The lowest BCUT2D eigenvalue weighted by Gasteiger charge is -2.26. The van der Waals surface area contributed by atoms with Crippen molar-refractivity contribution in [2.24, 2.45) is 11.1 Å². The number of benzene rings is 1. The van der Waals surface area contributed by atoms with Gasteiger partial charge in [-0.05, 0) is 23.6 Å². The Morgan fingerprint density at radius 2 is 2.05 bits per heavy atom. The minimum absolute atomic E-state index is 0.0753. The molecule has 0 amide bonds. The van der Waals surface area contributed by atoms with E-state index in [1.54, 1.807) is 25.3 Å². The number of Topliss-reactive ketones (excluding diaryl/α,β-unsaturated/α-hetero) is 1. The lowest BCUT2D eigenvalue weighted by molar-refractivity contribution is -0.119. The fraction of sp³-hybridized carbons (Fsp3) is 0.533. The van der Waals surface area contributed by atoms with Crippen LogP contribution in [0.2, 0.25) is 5.02 Å². The van der Waals surface area contributed by atoms with Crippen molar-refractivity contribution in [3.05, 3.63) is 28.8 Å².